The first kappa shape index (κ1) is 10.2. The first-order valence-corrected chi connectivity index (χ1v) is 4.65. The maximum atomic E-state index is 11.4. The van der Waals surface area contributed by atoms with Crippen molar-refractivity contribution in [2.45, 2.75) is 33.6 Å². The van der Waals surface area contributed by atoms with Crippen molar-refractivity contribution in [2.24, 2.45) is 11.3 Å². The Kier molecular flexibility index (Phi) is 2.74. The molecule has 1 aliphatic rings. The molecule has 0 heterocycles. The second kappa shape index (κ2) is 3.48. The Hall–Kier alpha value is -0.860. The second-order valence-electron chi connectivity index (χ2n) is 4.32. The summed E-state index contributed by atoms with van der Waals surface area (Å²) >= 11 is 0. The summed E-state index contributed by atoms with van der Waals surface area (Å²) in [5.41, 5.74) is -0.0332. The second-order valence-corrected chi connectivity index (χ2v) is 4.32. The van der Waals surface area contributed by atoms with Gasteiger partial charge in [0.1, 0.15) is 11.7 Å². The summed E-state index contributed by atoms with van der Waals surface area (Å²) in [5, 5.41) is 0. The number of carbonyl (C=O) groups is 2. The third-order valence-corrected chi connectivity index (χ3v) is 2.37. The zero-order chi connectivity index (χ0) is 10.1. The van der Waals surface area contributed by atoms with Crippen LogP contribution < -0.4 is 0 Å². The highest BCUT2D eigenvalue weighted by Crippen LogP contribution is 2.38. The van der Waals surface area contributed by atoms with E-state index in [9.17, 15) is 9.59 Å². The van der Waals surface area contributed by atoms with Crippen molar-refractivity contribution in [2.75, 3.05) is 6.61 Å². The van der Waals surface area contributed by atoms with E-state index in [4.69, 9.17) is 4.74 Å². The zero-order valence-corrected chi connectivity index (χ0v) is 8.42. The molecule has 1 aliphatic carbocycles. The lowest BCUT2D eigenvalue weighted by molar-refractivity contribution is -0.150. The molecular formula is C10H16O3. The molecule has 1 rings (SSSR count). The number of carbonyl (C=O) groups excluding carboxylic acids is 2. The largest absolute Gasteiger partial charge is 0.465 e. The number of Topliss-reactive ketones (excluding diaryl/α,β-unsaturated/α-hetero) is 1. The highest BCUT2D eigenvalue weighted by Gasteiger charge is 2.42. The normalized spacial score (nSPS) is 26.1. The molecule has 3 heteroatoms. The summed E-state index contributed by atoms with van der Waals surface area (Å²) in [6.07, 6.45) is 1.13. The van der Waals surface area contributed by atoms with Gasteiger partial charge < -0.3 is 4.74 Å². The molecule has 0 saturated heterocycles. The van der Waals surface area contributed by atoms with Crippen LogP contribution in [0.3, 0.4) is 0 Å². The standard InChI is InChI=1S/C10H16O3/c1-4-13-9(12)7-5-10(2,3)6-8(7)11/h7H,4-6H2,1-3H3/t7-/m0/s1. The Morgan fingerprint density at radius 2 is 2.23 bits per heavy atom. The molecule has 0 unspecified atom stereocenters. The lowest BCUT2D eigenvalue weighted by Gasteiger charge is -2.14. The van der Waals surface area contributed by atoms with Crippen LogP contribution in [-0.2, 0) is 14.3 Å². The highest BCUT2D eigenvalue weighted by atomic mass is 16.5. The van der Waals surface area contributed by atoms with Crippen LogP contribution >= 0.6 is 0 Å². The Bertz CT molecular complexity index is 230. The number of rotatable bonds is 2. The number of hydrogen-bond donors (Lipinski definition) is 0. The molecule has 0 aromatic heterocycles. The van der Waals surface area contributed by atoms with Gasteiger partial charge in [0.05, 0.1) is 6.61 Å². The van der Waals surface area contributed by atoms with Gasteiger partial charge >= 0.3 is 5.97 Å². The quantitative estimate of drug-likeness (QED) is 0.483. The van der Waals surface area contributed by atoms with E-state index in [-0.39, 0.29) is 17.2 Å². The SMILES string of the molecule is CCOC(=O)[C@H]1CC(C)(C)CC1=O. The van der Waals surface area contributed by atoms with Gasteiger partial charge in [0, 0.05) is 6.42 Å². The van der Waals surface area contributed by atoms with Crippen LogP contribution in [0.4, 0.5) is 0 Å². The van der Waals surface area contributed by atoms with Gasteiger partial charge in [-0.25, -0.2) is 0 Å². The van der Waals surface area contributed by atoms with Gasteiger partial charge in [0.2, 0.25) is 0 Å². The molecule has 0 aromatic rings. The van der Waals surface area contributed by atoms with E-state index in [0.717, 1.165) is 0 Å². The van der Waals surface area contributed by atoms with Gasteiger partial charge in [0.25, 0.3) is 0 Å². The minimum absolute atomic E-state index is 0.0310. The van der Waals surface area contributed by atoms with Crippen LogP contribution in [0.15, 0.2) is 0 Å². The van der Waals surface area contributed by atoms with Crippen LogP contribution in [0.25, 0.3) is 0 Å². The minimum Gasteiger partial charge on any atom is -0.465 e. The molecule has 0 radical (unpaired) electrons. The van der Waals surface area contributed by atoms with Crippen LogP contribution in [0.5, 0.6) is 0 Å². The summed E-state index contributed by atoms with van der Waals surface area (Å²) < 4.78 is 4.83. The van der Waals surface area contributed by atoms with E-state index < -0.39 is 5.92 Å². The Balaban J connectivity index is 2.63. The summed E-state index contributed by atoms with van der Waals surface area (Å²) in [4.78, 5) is 22.7. The fraction of sp³-hybridized carbons (Fsp3) is 0.800. The molecule has 1 saturated carbocycles. The number of ether oxygens (including phenoxy) is 1. The summed E-state index contributed by atoms with van der Waals surface area (Å²) in [6, 6.07) is 0. The predicted molar refractivity (Wildman–Crippen MR) is 48.1 cm³/mol. The van der Waals surface area contributed by atoms with E-state index in [1.54, 1.807) is 6.92 Å². The number of ketones is 1. The van der Waals surface area contributed by atoms with Crippen LogP contribution in [0.2, 0.25) is 0 Å². The summed E-state index contributed by atoms with van der Waals surface area (Å²) in [7, 11) is 0. The van der Waals surface area contributed by atoms with Gasteiger partial charge in [0.15, 0.2) is 0 Å². The van der Waals surface area contributed by atoms with E-state index in [1.807, 2.05) is 13.8 Å². The van der Waals surface area contributed by atoms with E-state index >= 15 is 0 Å². The van der Waals surface area contributed by atoms with E-state index in [0.29, 0.717) is 19.4 Å². The van der Waals surface area contributed by atoms with Crippen molar-refractivity contribution in [1.29, 1.82) is 0 Å². The Morgan fingerprint density at radius 1 is 1.62 bits per heavy atom. The van der Waals surface area contributed by atoms with Crippen LogP contribution in [0.1, 0.15) is 33.6 Å². The van der Waals surface area contributed by atoms with E-state index in [1.165, 1.54) is 0 Å². The fourth-order valence-corrected chi connectivity index (χ4v) is 1.79. The van der Waals surface area contributed by atoms with Gasteiger partial charge in [-0.2, -0.15) is 0 Å². The molecule has 1 fully saturated rings. The average Bonchev–Trinajstić information content (AvgIpc) is 2.25. The molecule has 0 bridgehead atoms. The van der Waals surface area contributed by atoms with Gasteiger partial charge in [-0.15, -0.1) is 0 Å². The lowest BCUT2D eigenvalue weighted by atomic mass is 9.91. The van der Waals surface area contributed by atoms with Crippen molar-refractivity contribution in [1.82, 2.24) is 0 Å². The fourth-order valence-electron chi connectivity index (χ4n) is 1.79. The molecule has 74 valence electrons. The third kappa shape index (κ3) is 2.29. The molecule has 13 heavy (non-hydrogen) atoms. The van der Waals surface area contributed by atoms with E-state index in [2.05, 4.69) is 0 Å². The summed E-state index contributed by atoms with van der Waals surface area (Å²) in [6.45, 7) is 6.11. The lowest BCUT2D eigenvalue weighted by Crippen LogP contribution is -2.21. The monoisotopic (exact) mass is 184 g/mol. The van der Waals surface area contributed by atoms with Gasteiger partial charge in [-0.3, -0.25) is 9.59 Å². The summed E-state index contributed by atoms with van der Waals surface area (Å²) in [5.74, 6) is -0.823. The smallest absolute Gasteiger partial charge is 0.316 e. The Labute approximate surface area is 78.5 Å². The molecular weight excluding hydrogens is 168 g/mol. The van der Waals surface area contributed by atoms with Gasteiger partial charge in [-0.05, 0) is 18.8 Å². The van der Waals surface area contributed by atoms with Crippen molar-refractivity contribution in [3.63, 3.8) is 0 Å². The highest BCUT2D eigenvalue weighted by molar-refractivity contribution is 6.00. The molecule has 0 amide bonds. The molecule has 0 spiro atoms. The predicted octanol–water partition coefficient (Wildman–Crippen LogP) is 1.55. The maximum Gasteiger partial charge on any atom is 0.316 e. The van der Waals surface area contributed by atoms with Crippen LogP contribution in [0, 0.1) is 11.3 Å². The van der Waals surface area contributed by atoms with Crippen molar-refractivity contribution in [3.05, 3.63) is 0 Å². The Morgan fingerprint density at radius 3 is 2.62 bits per heavy atom. The van der Waals surface area contributed by atoms with Crippen molar-refractivity contribution >= 4 is 11.8 Å². The third-order valence-electron chi connectivity index (χ3n) is 2.37. The minimum atomic E-state index is -0.505. The first-order chi connectivity index (χ1) is 5.96. The van der Waals surface area contributed by atoms with Crippen LogP contribution in [-0.4, -0.2) is 18.4 Å². The van der Waals surface area contributed by atoms with Gasteiger partial charge in [-0.1, -0.05) is 13.8 Å². The van der Waals surface area contributed by atoms with Crippen molar-refractivity contribution < 1.29 is 14.3 Å². The van der Waals surface area contributed by atoms with Crippen molar-refractivity contribution in [3.8, 4) is 0 Å². The maximum absolute atomic E-state index is 11.4. The number of esters is 1. The number of hydrogen-bond acceptors (Lipinski definition) is 3. The average molecular weight is 184 g/mol. The zero-order valence-electron chi connectivity index (χ0n) is 8.42. The first-order valence-electron chi connectivity index (χ1n) is 4.65. The molecule has 3 nitrogen and oxygen atoms in total. The molecule has 0 aromatic carbocycles. The molecule has 0 aliphatic heterocycles. The topological polar surface area (TPSA) is 43.4 Å². The molecule has 0 N–H and O–H groups in total. The molecule has 1 atom stereocenters.